The van der Waals surface area contributed by atoms with Crippen molar-refractivity contribution >= 4 is 40.7 Å². The SMILES string of the molecule is COc1cc(CNC(=O)[C@]2(Cc3ccccc3N=[N+]=[N-])N=C(c3ccc(OCCCO)cc3)O[C@@H]2c2ccc(Cl)cc2Cl)cc(OC)c1OC. The number of halogens is 2. The first-order valence-electron chi connectivity index (χ1n) is 15.5. The average Bonchev–Trinajstić information content (AvgIpc) is 3.51. The van der Waals surface area contributed by atoms with Crippen molar-refractivity contribution in [2.75, 3.05) is 34.5 Å². The number of aliphatic imine (C=N–C) groups is 1. The number of aliphatic hydroxyl groups excluding tert-OH is 1. The minimum Gasteiger partial charge on any atom is -0.494 e. The largest absolute Gasteiger partial charge is 0.494 e. The van der Waals surface area contributed by atoms with Gasteiger partial charge in [-0.25, -0.2) is 4.99 Å². The van der Waals surface area contributed by atoms with Gasteiger partial charge in [0.1, 0.15) is 5.75 Å². The summed E-state index contributed by atoms with van der Waals surface area (Å²) in [7, 11) is 4.53. The maximum atomic E-state index is 14.8. The third-order valence-electron chi connectivity index (χ3n) is 8.06. The predicted octanol–water partition coefficient (Wildman–Crippen LogP) is 7.54. The number of hydrogen-bond donors (Lipinski definition) is 2. The zero-order chi connectivity index (χ0) is 35.7. The minimum atomic E-state index is -1.66. The molecule has 4 aromatic carbocycles. The lowest BCUT2D eigenvalue weighted by atomic mass is 9.81. The van der Waals surface area contributed by atoms with Gasteiger partial charge in [0.2, 0.25) is 11.6 Å². The number of rotatable bonds is 15. The van der Waals surface area contributed by atoms with Gasteiger partial charge in [-0.3, -0.25) is 4.79 Å². The fourth-order valence-electron chi connectivity index (χ4n) is 5.64. The van der Waals surface area contributed by atoms with Crippen LogP contribution in [0.1, 0.15) is 34.8 Å². The first-order valence-corrected chi connectivity index (χ1v) is 16.3. The maximum Gasteiger partial charge on any atom is 0.252 e. The van der Waals surface area contributed by atoms with E-state index in [-0.39, 0.29) is 30.5 Å². The summed E-state index contributed by atoms with van der Waals surface area (Å²) in [6.07, 6.45) is -0.577. The number of aliphatic hydroxyl groups is 1. The molecule has 1 aliphatic heterocycles. The van der Waals surface area contributed by atoms with Crippen molar-refractivity contribution in [2.24, 2.45) is 10.1 Å². The lowest BCUT2D eigenvalue weighted by molar-refractivity contribution is -0.129. The van der Waals surface area contributed by atoms with Crippen molar-refractivity contribution in [1.82, 2.24) is 5.32 Å². The van der Waals surface area contributed by atoms with E-state index in [0.717, 1.165) is 0 Å². The summed E-state index contributed by atoms with van der Waals surface area (Å²) in [6, 6.07) is 22.4. The molecular formula is C36H35Cl2N5O7. The van der Waals surface area contributed by atoms with Crippen LogP contribution in [0.3, 0.4) is 0 Å². The van der Waals surface area contributed by atoms with E-state index in [2.05, 4.69) is 15.3 Å². The summed E-state index contributed by atoms with van der Waals surface area (Å²) in [5, 5.41) is 16.7. The molecule has 0 aromatic heterocycles. The summed E-state index contributed by atoms with van der Waals surface area (Å²) < 4.78 is 28.8. The fraction of sp³-hybridized carbons (Fsp3) is 0.278. The van der Waals surface area contributed by atoms with Crippen molar-refractivity contribution in [3.63, 3.8) is 0 Å². The Hall–Kier alpha value is -5.13. The quantitative estimate of drug-likeness (QED) is 0.0556. The molecule has 260 valence electrons. The molecule has 5 rings (SSSR count). The van der Waals surface area contributed by atoms with Crippen molar-refractivity contribution in [2.45, 2.75) is 31.0 Å². The highest BCUT2D eigenvalue weighted by atomic mass is 35.5. The van der Waals surface area contributed by atoms with E-state index in [1.54, 1.807) is 78.9 Å². The van der Waals surface area contributed by atoms with Gasteiger partial charge in [-0.2, -0.15) is 0 Å². The Balaban J connectivity index is 1.63. The number of hydrogen-bond acceptors (Lipinski definition) is 9. The Morgan fingerprint density at radius 2 is 1.74 bits per heavy atom. The van der Waals surface area contributed by atoms with Gasteiger partial charge in [-0.15, -0.1) is 0 Å². The average molecular weight is 721 g/mol. The number of ether oxygens (including phenoxy) is 5. The second-order valence-electron chi connectivity index (χ2n) is 11.2. The Labute approximate surface area is 299 Å². The summed E-state index contributed by atoms with van der Waals surface area (Å²) in [4.78, 5) is 22.8. The van der Waals surface area contributed by atoms with E-state index in [0.29, 0.717) is 69.0 Å². The molecule has 0 saturated carbocycles. The van der Waals surface area contributed by atoms with Crippen molar-refractivity contribution in [3.8, 4) is 23.0 Å². The number of methoxy groups -OCH3 is 3. The maximum absolute atomic E-state index is 14.8. The van der Waals surface area contributed by atoms with Crippen LogP contribution in [-0.2, 0) is 22.5 Å². The van der Waals surface area contributed by atoms with Gasteiger partial charge >= 0.3 is 0 Å². The Morgan fingerprint density at radius 3 is 2.38 bits per heavy atom. The third-order valence-corrected chi connectivity index (χ3v) is 8.62. The Bertz CT molecular complexity index is 1890. The number of azide groups is 1. The smallest absolute Gasteiger partial charge is 0.252 e. The molecule has 1 heterocycles. The van der Waals surface area contributed by atoms with E-state index < -0.39 is 17.6 Å². The van der Waals surface area contributed by atoms with Gasteiger partial charge in [0.15, 0.2) is 23.1 Å². The summed E-state index contributed by atoms with van der Waals surface area (Å²) in [5.41, 5.74) is 10.3. The Morgan fingerprint density at radius 1 is 1.02 bits per heavy atom. The summed E-state index contributed by atoms with van der Waals surface area (Å²) in [6.45, 7) is 0.426. The van der Waals surface area contributed by atoms with Gasteiger partial charge in [-0.05, 0) is 65.2 Å². The summed E-state index contributed by atoms with van der Waals surface area (Å²) in [5.74, 6) is 1.55. The Kier molecular flexibility index (Phi) is 11.9. The minimum absolute atomic E-state index is 0.0177. The van der Waals surface area contributed by atoms with E-state index in [1.165, 1.54) is 21.3 Å². The van der Waals surface area contributed by atoms with Crippen LogP contribution in [0.5, 0.6) is 23.0 Å². The lowest BCUT2D eigenvalue weighted by Gasteiger charge is -2.31. The second-order valence-corrected chi connectivity index (χ2v) is 12.0. The standard InChI is InChI=1S/C36H35Cl2N5O7/c1-46-30-17-22(18-31(47-2)32(30)48-3)21-40-35(45)36(20-24-7-4-5-8-29(24)42-43-39)33(27-14-11-25(37)19-28(27)38)50-34(41-36)23-9-12-26(13-10-23)49-16-6-15-44/h4-5,7-14,17-19,33,44H,6,15-16,20-21H2,1-3H3,(H,40,45)/t33-,36-/m1/s1. The molecule has 14 heteroatoms. The van der Waals surface area contributed by atoms with Crippen LogP contribution in [0.15, 0.2) is 89.0 Å². The van der Waals surface area contributed by atoms with Crippen LogP contribution in [0, 0.1) is 0 Å². The molecule has 1 aliphatic rings. The van der Waals surface area contributed by atoms with Crippen molar-refractivity contribution < 1.29 is 33.6 Å². The van der Waals surface area contributed by atoms with E-state index in [9.17, 15) is 10.3 Å². The molecule has 0 radical (unpaired) electrons. The molecule has 0 bridgehead atoms. The highest BCUT2D eigenvalue weighted by molar-refractivity contribution is 6.35. The first kappa shape index (κ1) is 36.2. The van der Waals surface area contributed by atoms with Gasteiger partial charge in [0, 0.05) is 57.8 Å². The van der Waals surface area contributed by atoms with Gasteiger partial charge < -0.3 is 34.1 Å². The first-order chi connectivity index (χ1) is 24.3. The third kappa shape index (κ3) is 7.85. The van der Waals surface area contributed by atoms with E-state index >= 15 is 0 Å². The van der Waals surface area contributed by atoms with Crippen LogP contribution in [0.4, 0.5) is 5.69 Å². The number of nitrogens with one attached hydrogen (secondary N) is 1. The van der Waals surface area contributed by atoms with Crippen molar-refractivity contribution in [1.29, 1.82) is 0 Å². The van der Waals surface area contributed by atoms with Gasteiger partial charge in [-0.1, -0.05) is 58.6 Å². The molecular weight excluding hydrogens is 685 g/mol. The normalized spacial score (nSPS) is 16.4. The molecule has 0 aliphatic carbocycles. The molecule has 2 N–H and O–H groups in total. The molecule has 1 amide bonds. The number of carbonyl (C=O) groups excluding carboxylic acids is 1. The van der Waals surface area contributed by atoms with Crippen LogP contribution in [0.2, 0.25) is 10.0 Å². The van der Waals surface area contributed by atoms with Gasteiger partial charge in [0.25, 0.3) is 5.91 Å². The molecule has 2 atom stereocenters. The molecule has 0 spiro atoms. The number of carbonyl (C=O) groups is 1. The summed E-state index contributed by atoms with van der Waals surface area (Å²) >= 11 is 13.1. The predicted molar refractivity (Wildman–Crippen MR) is 190 cm³/mol. The number of amides is 1. The fourth-order valence-corrected chi connectivity index (χ4v) is 6.15. The number of benzene rings is 4. The van der Waals surface area contributed by atoms with Crippen LogP contribution >= 0.6 is 23.2 Å². The number of nitrogens with zero attached hydrogens (tertiary/aromatic N) is 4. The van der Waals surface area contributed by atoms with E-state index in [1.807, 2.05) is 0 Å². The zero-order valence-electron chi connectivity index (χ0n) is 27.6. The van der Waals surface area contributed by atoms with E-state index in [4.69, 9.17) is 57.0 Å². The topological polar surface area (TPSA) is 157 Å². The molecule has 50 heavy (non-hydrogen) atoms. The van der Waals surface area contributed by atoms with Crippen LogP contribution in [0.25, 0.3) is 10.4 Å². The highest BCUT2D eigenvalue weighted by Gasteiger charge is 2.54. The van der Waals surface area contributed by atoms with Crippen LogP contribution in [-0.4, -0.2) is 57.0 Å². The zero-order valence-corrected chi connectivity index (χ0v) is 29.1. The second kappa shape index (κ2) is 16.5. The highest BCUT2D eigenvalue weighted by Crippen LogP contribution is 2.46. The monoisotopic (exact) mass is 719 g/mol. The lowest BCUT2D eigenvalue weighted by Crippen LogP contribution is -2.49. The molecule has 0 fully saturated rings. The molecule has 0 unspecified atom stereocenters. The molecule has 0 saturated heterocycles. The molecule has 12 nitrogen and oxygen atoms in total. The molecule has 4 aromatic rings. The van der Waals surface area contributed by atoms with Crippen LogP contribution < -0.4 is 24.3 Å². The van der Waals surface area contributed by atoms with Crippen molar-refractivity contribution in [3.05, 3.63) is 122 Å². The van der Waals surface area contributed by atoms with Gasteiger partial charge in [0.05, 0.1) is 27.9 Å².